The highest BCUT2D eigenvalue weighted by Gasteiger charge is 2.36. The molecule has 0 unspecified atom stereocenters. The molecule has 2 aliphatic heterocycles. The third-order valence-electron chi connectivity index (χ3n) is 7.63. The molecule has 3 aromatic rings. The van der Waals surface area contributed by atoms with E-state index in [-0.39, 0.29) is 42.2 Å². The zero-order valence-electron chi connectivity index (χ0n) is 26.0. The number of anilines is 2. The fourth-order valence-corrected chi connectivity index (χ4v) is 5.35. The number of pyridine rings is 1. The number of morpholine rings is 1. The molecule has 0 atom stereocenters. The van der Waals surface area contributed by atoms with Gasteiger partial charge in [0.05, 0.1) is 37.5 Å². The first kappa shape index (κ1) is 33.6. The Bertz CT molecular complexity index is 1630. The summed E-state index contributed by atoms with van der Waals surface area (Å²) in [5.74, 6) is -0.527. The van der Waals surface area contributed by atoms with Gasteiger partial charge in [-0.1, -0.05) is 6.08 Å². The Labute approximate surface area is 268 Å². The second kappa shape index (κ2) is 14.8. The number of carbonyl (C=O) groups excluding carboxylic acids is 3. The zero-order valence-corrected chi connectivity index (χ0v) is 26.0. The van der Waals surface area contributed by atoms with Gasteiger partial charge in [0.15, 0.2) is 11.6 Å². The Morgan fingerprint density at radius 3 is 2.51 bits per heavy atom. The van der Waals surface area contributed by atoms with E-state index in [4.69, 9.17) is 9.47 Å². The number of nitrogens with zero attached hydrogens (tertiary/aromatic N) is 7. The van der Waals surface area contributed by atoms with Gasteiger partial charge in [-0.15, -0.1) is 5.10 Å². The molecule has 3 amide bonds. The van der Waals surface area contributed by atoms with Crippen LogP contribution in [0.1, 0.15) is 25.0 Å². The summed E-state index contributed by atoms with van der Waals surface area (Å²) in [6, 6.07) is 2.65. The first-order valence-corrected chi connectivity index (χ1v) is 15.2. The van der Waals surface area contributed by atoms with Crippen LogP contribution in [0.25, 0.3) is 16.9 Å². The summed E-state index contributed by atoms with van der Waals surface area (Å²) in [4.78, 5) is 50.5. The van der Waals surface area contributed by atoms with Crippen LogP contribution in [0, 0.1) is 0 Å². The minimum Gasteiger partial charge on any atom is -0.450 e. The van der Waals surface area contributed by atoms with E-state index in [0.29, 0.717) is 70.4 Å². The van der Waals surface area contributed by atoms with Crippen LogP contribution >= 0.6 is 0 Å². The molecule has 2 N–H and O–H groups in total. The average Bonchev–Trinajstić information content (AvgIpc) is 3.46. The van der Waals surface area contributed by atoms with Gasteiger partial charge >= 0.3 is 12.3 Å². The number of piperazine rings is 1. The topological polar surface area (TPSA) is 147 Å². The van der Waals surface area contributed by atoms with E-state index >= 15 is 0 Å². The molecule has 0 aromatic carbocycles. The predicted molar refractivity (Wildman–Crippen MR) is 165 cm³/mol. The predicted octanol–water partition coefficient (Wildman–Crippen LogP) is 2.55. The molecule has 14 nitrogen and oxygen atoms in total. The van der Waals surface area contributed by atoms with Crippen molar-refractivity contribution in [1.29, 1.82) is 0 Å². The number of halogens is 3. The second-order valence-electron chi connectivity index (χ2n) is 10.9. The quantitative estimate of drug-likeness (QED) is 0.329. The molecule has 0 radical (unpaired) electrons. The second-order valence-corrected chi connectivity index (χ2v) is 10.9. The minimum atomic E-state index is -4.80. The number of alkyl halides is 3. The van der Waals surface area contributed by atoms with Crippen LogP contribution in [0.5, 0.6) is 0 Å². The molecule has 5 heterocycles. The molecule has 47 heavy (non-hydrogen) atoms. The highest BCUT2D eigenvalue weighted by Crippen LogP contribution is 2.38. The molecule has 2 fully saturated rings. The number of amides is 3. The van der Waals surface area contributed by atoms with Gasteiger partial charge in [-0.25, -0.2) is 19.3 Å². The van der Waals surface area contributed by atoms with E-state index in [0.717, 1.165) is 17.8 Å². The lowest BCUT2D eigenvalue weighted by atomic mass is 10.1. The van der Waals surface area contributed by atoms with Gasteiger partial charge in [-0.3, -0.25) is 19.8 Å². The Morgan fingerprint density at radius 1 is 1.09 bits per heavy atom. The average molecular weight is 660 g/mol. The molecule has 0 bridgehead atoms. The third kappa shape index (κ3) is 8.34. The van der Waals surface area contributed by atoms with E-state index in [1.165, 1.54) is 10.6 Å². The highest BCUT2D eigenvalue weighted by atomic mass is 19.4. The van der Waals surface area contributed by atoms with Crippen LogP contribution in [0.2, 0.25) is 0 Å². The number of nitrogens with one attached hydrogen (secondary N) is 2. The van der Waals surface area contributed by atoms with Crippen molar-refractivity contribution in [2.45, 2.75) is 26.6 Å². The normalized spacial score (nSPS) is 16.1. The van der Waals surface area contributed by atoms with Gasteiger partial charge in [-0.2, -0.15) is 13.2 Å². The molecule has 5 rings (SSSR count). The van der Waals surface area contributed by atoms with Crippen LogP contribution < -0.4 is 15.5 Å². The Kier molecular flexibility index (Phi) is 10.6. The number of ether oxygens (including phenoxy) is 2. The van der Waals surface area contributed by atoms with Crippen LogP contribution in [-0.2, 0) is 31.8 Å². The summed E-state index contributed by atoms with van der Waals surface area (Å²) in [5.41, 5.74) is 0.0833. The number of carbonyl (C=O) groups is 3. The maximum Gasteiger partial charge on any atom is 0.417 e. The summed E-state index contributed by atoms with van der Waals surface area (Å²) in [5, 5.41) is 9.26. The summed E-state index contributed by atoms with van der Waals surface area (Å²) < 4.78 is 54.7. The van der Waals surface area contributed by atoms with Gasteiger partial charge in [-0.05, 0) is 37.6 Å². The molecule has 0 saturated carbocycles. The highest BCUT2D eigenvalue weighted by molar-refractivity contribution is 5.91. The van der Waals surface area contributed by atoms with Gasteiger partial charge in [0.25, 0.3) is 0 Å². The lowest BCUT2D eigenvalue weighted by molar-refractivity contribution is -0.137. The first-order chi connectivity index (χ1) is 22.5. The fourth-order valence-electron chi connectivity index (χ4n) is 5.35. The number of aromatic nitrogens is 4. The van der Waals surface area contributed by atoms with Gasteiger partial charge in [0, 0.05) is 58.2 Å². The maximum atomic E-state index is 14.3. The van der Waals surface area contributed by atoms with E-state index in [2.05, 4.69) is 30.6 Å². The first-order valence-electron chi connectivity index (χ1n) is 15.2. The number of hydrogen-bond acceptors (Lipinski definition) is 10. The Balaban J connectivity index is 1.39. The van der Waals surface area contributed by atoms with Crippen LogP contribution in [0.3, 0.4) is 0 Å². The largest absolute Gasteiger partial charge is 0.450 e. The van der Waals surface area contributed by atoms with Crippen LogP contribution in [-0.4, -0.2) is 113 Å². The zero-order chi connectivity index (χ0) is 33.6. The number of rotatable bonds is 9. The van der Waals surface area contributed by atoms with E-state index in [1.54, 1.807) is 31.0 Å². The van der Waals surface area contributed by atoms with Crippen molar-refractivity contribution in [2.75, 3.05) is 75.9 Å². The van der Waals surface area contributed by atoms with Crippen LogP contribution in [0.4, 0.5) is 29.6 Å². The summed E-state index contributed by atoms with van der Waals surface area (Å²) in [7, 11) is 0. The van der Waals surface area contributed by atoms with Gasteiger partial charge < -0.3 is 24.6 Å². The number of allylic oxidation sites excluding steroid dienone is 1. The summed E-state index contributed by atoms with van der Waals surface area (Å²) in [6.45, 7) is 7.81. The molecule has 252 valence electrons. The molecule has 2 aliphatic rings. The van der Waals surface area contributed by atoms with Crippen molar-refractivity contribution in [3.05, 3.63) is 47.8 Å². The molecule has 3 aromatic heterocycles. The van der Waals surface area contributed by atoms with Crippen molar-refractivity contribution in [3.63, 3.8) is 0 Å². The number of hydrogen-bond donors (Lipinski definition) is 2. The third-order valence-corrected chi connectivity index (χ3v) is 7.63. The molecular weight excluding hydrogens is 623 g/mol. The monoisotopic (exact) mass is 659 g/mol. The van der Waals surface area contributed by atoms with Gasteiger partial charge in [0.2, 0.25) is 11.8 Å². The molecular formula is C30H36F3N9O5. The van der Waals surface area contributed by atoms with Crippen molar-refractivity contribution in [2.24, 2.45) is 0 Å². The standard InChI is InChI=1S/C30H36F3N9O5/c1-3-5-25(43)35-17-26(44)40-8-6-39(7-9-40)18-20-14-23-28(41-10-12-46-13-11-41)37-27(38-42(23)19-20)21-16-34-24(36-29(45)47-4-2)15-22(21)30(31,32)33/h3,5,14-16,19H,4,6-13,17-18H2,1-2H3,(H,35,43)(H,34,36,45)/b5-3-. The molecule has 2 saturated heterocycles. The summed E-state index contributed by atoms with van der Waals surface area (Å²) >= 11 is 0. The van der Waals surface area contributed by atoms with E-state index in [1.807, 2.05) is 11.0 Å². The molecule has 17 heteroatoms. The number of fused-ring (bicyclic) bond motifs is 1. The summed E-state index contributed by atoms with van der Waals surface area (Å²) in [6.07, 6.45) is -0.0123. The lowest BCUT2D eigenvalue weighted by Gasteiger charge is -2.34. The minimum absolute atomic E-state index is 0.0429. The SMILES string of the molecule is C/C=C\C(=O)NCC(=O)N1CCN(Cc2cc3c(N4CCOCC4)nc(-c4cnc(NC(=O)OCC)cc4C(F)(F)F)nn3c2)CC1. The fraction of sp³-hybridized carbons (Fsp3) is 0.467. The Hall–Kier alpha value is -4.77. The van der Waals surface area contributed by atoms with E-state index < -0.39 is 17.8 Å². The lowest BCUT2D eigenvalue weighted by Crippen LogP contribution is -2.50. The Morgan fingerprint density at radius 2 is 1.83 bits per heavy atom. The van der Waals surface area contributed by atoms with Crippen LogP contribution in [0.15, 0.2) is 36.7 Å². The van der Waals surface area contributed by atoms with E-state index in [9.17, 15) is 27.6 Å². The van der Waals surface area contributed by atoms with Crippen molar-refractivity contribution < 1.29 is 37.0 Å². The smallest absolute Gasteiger partial charge is 0.417 e. The van der Waals surface area contributed by atoms with Crippen molar-refractivity contribution in [3.8, 4) is 11.4 Å². The molecule has 0 spiro atoms. The van der Waals surface area contributed by atoms with Crippen molar-refractivity contribution in [1.82, 2.24) is 34.7 Å². The maximum absolute atomic E-state index is 14.3. The van der Waals surface area contributed by atoms with Gasteiger partial charge in [0.1, 0.15) is 11.3 Å². The molecule has 0 aliphatic carbocycles. The van der Waals surface area contributed by atoms with Crippen molar-refractivity contribution >= 4 is 35.1 Å².